The second-order valence-electron chi connectivity index (χ2n) is 18.6. The maximum atomic E-state index is 12.3. The summed E-state index contributed by atoms with van der Waals surface area (Å²) in [5.74, 6) is 1.18. The van der Waals surface area contributed by atoms with Gasteiger partial charge in [0, 0.05) is 35.1 Å². The first-order valence-electron chi connectivity index (χ1n) is 17.8. The Morgan fingerprint density at radius 1 is 0.429 bits per heavy atom. The predicted molar refractivity (Wildman–Crippen MR) is 205 cm³/mol. The van der Waals surface area contributed by atoms with Crippen molar-refractivity contribution in [2.45, 2.75) is 138 Å². The highest BCUT2D eigenvalue weighted by atomic mass is 16.5. The van der Waals surface area contributed by atoms with Gasteiger partial charge in [-0.25, -0.2) is 0 Å². The molecule has 49 heavy (non-hydrogen) atoms. The van der Waals surface area contributed by atoms with Gasteiger partial charge in [-0.1, -0.05) is 107 Å². The van der Waals surface area contributed by atoms with E-state index >= 15 is 0 Å². The maximum absolute atomic E-state index is 12.3. The average Bonchev–Trinajstić information content (AvgIpc) is 2.94. The van der Waals surface area contributed by atoms with Crippen LogP contribution in [0, 0.1) is 0 Å². The normalized spacial score (nSPS) is 13.8. The molecular weight excluding hydrogens is 604 g/mol. The Morgan fingerprint density at radius 2 is 0.694 bits per heavy atom. The van der Waals surface area contributed by atoms with Crippen molar-refractivity contribution in [1.29, 1.82) is 0 Å². The number of fused-ring (bicyclic) bond motifs is 10. The molecule has 5 rings (SSSR count). The van der Waals surface area contributed by atoms with Gasteiger partial charge in [-0.05, 0) is 104 Å². The van der Waals surface area contributed by atoms with Crippen LogP contribution in [-0.2, 0) is 34.5 Å². The van der Waals surface area contributed by atoms with E-state index in [4.69, 9.17) is 4.74 Å². The molecule has 0 spiro atoms. The predicted octanol–water partition coefficient (Wildman–Crippen LogP) is 11.6. The SMILES string of the molecule is CC(C)Oc1c2cc(C(C)(C)C)cc1-c1cc(C(C)(C)C)cc(c1O)Cc1cc(C(C)(C)C)cc(c1O)Cc1cc(C(C)(C)C)cc-2c1O. The lowest BCUT2D eigenvalue weighted by molar-refractivity contribution is 0.244. The number of benzene rings is 4. The zero-order chi connectivity index (χ0) is 36.6. The van der Waals surface area contributed by atoms with Crippen LogP contribution in [0.1, 0.15) is 141 Å². The van der Waals surface area contributed by atoms with Crippen molar-refractivity contribution in [3.8, 4) is 45.3 Å². The first kappa shape index (κ1) is 36.4. The van der Waals surface area contributed by atoms with E-state index in [2.05, 4.69) is 132 Å². The van der Waals surface area contributed by atoms with Gasteiger partial charge in [-0.2, -0.15) is 0 Å². The zero-order valence-corrected chi connectivity index (χ0v) is 32.4. The van der Waals surface area contributed by atoms with Crippen LogP contribution in [0.5, 0.6) is 23.0 Å². The zero-order valence-electron chi connectivity index (χ0n) is 32.4. The lowest BCUT2D eigenvalue weighted by Crippen LogP contribution is -2.16. The highest BCUT2D eigenvalue weighted by Crippen LogP contribution is 2.51. The molecule has 0 atom stereocenters. The highest BCUT2D eigenvalue weighted by molar-refractivity contribution is 5.89. The third-order valence-corrected chi connectivity index (χ3v) is 9.89. The Bertz CT molecular complexity index is 1800. The molecule has 0 saturated heterocycles. The number of phenols is 3. The maximum Gasteiger partial charge on any atom is 0.135 e. The molecule has 0 fully saturated rings. The molecule has 262 valence electrons. The minimum Gasteiger partial charge on any atom is -0.507 e. The summed E-state index contributed by atoms with van der Waals surface area (Å²) < 4.78 is 6.75. The summed E-state index contributed by atoms with van der Waals surface area (Å²) in [5.41, 5.74) is 9.39. The minimum atomic E-state index is -0.238. The summed E-state index contributed by atoms with van der Waals surface area (Å²) in [6, 6.07) is 16.8. The van der Waals surface area contributed by atoms with Gasteiger partial charge in [0.2, 0.25) is 0 Å². The molecule has 4 aromatic carbocycles. The van der Waals surface area contributed by atoms with Crippen LogP contribution in [-0.4, -0.2) is 21.4 Å². The highest BCUT2D eigenvalue weighted by Gasteiger charge is 2.30. The van der Waals surface area contributed by atoms with Gasteiger partial charge in [-0.3, -0.25) is 0 Å². The molecule has 0 aromatic heterocycles. The third kappa shape index (κ3) is 7.21. The molecule has 0 heterocycles. The monoisotopic (exact) mass is 662 g/mol. The summed E-state index contributed by atoms with van der Waals surface area (Å²) in [4.78, 5) is 0. The molecular formula is C45H58O4. The summed E-state index contributed by atoms with van der Waals surface area (Å²) in [6.45, 7) is 30.2. The van der Waals surface area contributed by atoms with Gasteiger partial charge in [0.1, 0.15) is 23.0 Å². The van der Waals surface area contributed by atoms with Crippen LogP contribution in [0.3, 0.4) is 0 Å². The van der Waals surface area contributed by atoms with Gasteiger partial charge in [0.25, 0.3) is 0 Å². The van der Waals surface area contributed by atoms with E-state index in [0.717, 1.165) is 55.6 Å². The fraction of sp³-hybridized carbons (Fsp3) is 0.467. The van der Waals surface area contributed by atoms with E-state index in [1.807, 2.05) is 13.8 Å². The summed E-state index contributed by atoms with van der Waals surface area (Å²) in [5, 5.41) is 36.6. The average molecular weight is 663 g/mol. The molecule has 4 nitrogen and oxygen atoms in total. The van der Waals surface area contributed by atoms with E-state index in [0.29, 0.717) is 29.7 Å². The van der Waals surface area contributed by atoms with Crippen LogP contribution in [0.15, 0.2) is 48.5 Å². The lowest BCUT2D eigenvalue weighted by Gasteiger charge is -2.29. The van der Waals surface area contributed by atoms with Gasteiger partial charge in [0.15, 0.2) is 0 Å². The Hall–Kier alpha value is -3.92. The summed E-state index contributed by atoms with van der Waals surface area (Å²) >= 11 is 0. The minimum absolute atomic E-state index is 0.163. The van der Waals surface area contributed by atoms with E-state index in [1.54, 1.807) is 0 Å². The fourth-order valence-corrected chi connectivity index (χ4v) is 6.63. The van der Waals surface area contributed by atoms with Crippen molar-refractivity contribution in [3.63, 3.8) is 0 Å². The van der Waals surface area contributed by atoms with Crippen LogP contribution < -0.4 is 4.74 Å². The van der Waals surface area contributed by atoms with Gasteiger partial charge < -0.3 is 20.1 Å². The number of rotatable bonds is 2. The number of hydrogen-bond acceptors (Lipinski definition) is 4. The standard InChI is InChI=1S/C45H58O4/c1-25(2)49-41-36-23-33(45(12,13)14)24-37(41)35-22-32(44(9,10)11)20-29(40(35)48)16-27-18-30(42(3,4)5)17-26(38(27)46)15-28-19-31(43(6,7)8)21-34(36)39(28)47/h17-25,46-48H,15-16H2,1-14H3. The first-order chi connectivity index (χ1) is 22.4. The van der Waals surface area contributed by atoms with Gasteiger partial charge in [0.05, 0.1) is 6.10 Å². The van der Waals surface area contributed by atoms with Crippen molar-refractivity contribution >= 4 is 0 Å². The Balaban J connectivity index is 2.07. The molecule has 1 aliphatic rings. The van der Waals surface area contributed by atoms with E-state index in [9.17, 15) is 15.3 Å². The molecule has 0 saturated carbocycles. The summed E-state index contributed by atoms with van der Waals surface area (Å²) in [6.07, 6.45) is 0.526. The van der Waals surface area contributed by atoms with Crippen LogP contribution >= 0.6 is 0 Å². The first-order valence-corrected chi connectivity index (χ1v) is 17.8. The molecule has 8 bridgehead atoms. The van der Waals surface area contributed by atoms with Crippen LogP contribution in [0.2, 0.25) is 0 Å². The van der Waals surface area contributed by atoms with E-state index < -0.39 is 0 Å². The molecule has 0 unspecified atom stereocenters. The molecule has 4 aromatic rings. The van der Waals surface area contributed by atoms with Crippen molar-refractivity contribution < 1.29 is 20.1 Å². The van der Waals surface area contributed by atoms with E-state index in [1.165, 1.54) is 0 Å². The van der Waals surface area contributed by atoms with Crippen LogP contribution in [0.25, 0.3) is 22.3 Å². The number of aromatic hydroxyl groups is 3. The molecule has 3 N–H and O–H groups in total. The van der Waals surface area contributed by atoms with Crippen LogP contribution in [0.4, 0.5) is 0 Å². The largest absolute Gasteiger partial charge is 0.507 e. The third-order valence-electron chi connectivity index (χ3n) is 9.89. The Labute approximate surface area is 295 Å². The number of hydrogen-bond donors (Lipinski definition) is 3. The van der Waals surface area contributed by atoms with Crippen molar-refractivity contribution in [1.82, 2.24) is 0 Å². The molecule has 0 aliphatic heterocycles. The fourth-order valence-electron chi connectivity index (χ4n) is 6.63. The Morgan fingerprint density at radius 3 is 1.00 bits per heavy atom. The molecule has 4 heteroatoms. The quantitative estimate of drug-likeness (QED) is 0.176. The lowest BCUT2D eigenvalue weighted by atomic mass is 9.78. The van der Waals surface area contributed by atoms with Gasteiger partial charge >= 0.3 is 0 Å². The number of ether oxygens (including phenoxy) is 1. The topological polar surface area (TPSA) is 69.9 Å². The second-order valence-corrected chi connectivity index (χ2v) is 18.6. The van der Waals surface area contributed by atoms with Crippen molar-refractivity contribution in [2.75, 3.05) is 0 Å². The second kappa shape index (κ2) is 12.1. The number of phenolic OH excluding ortho intramolecular Hbond substituents is 3. The van der Waals surface area contributed by atoms with Crippen molar-refractivity contribution in [2.24, 2.45) is 0 Å². The summed E-state index contributed by atoms with van der Waals surface area (Å²) in [7, 11) is 0. The van der Waals surface area contributed by atoms with Gasteiger partial charge in [-0.15, -0.1) is 0 Å². The smallest absolute Gasteiger partial charge is 0.135 e. The van der Waals surface area contributed by atoms with E-state index in [-0.39, 0.29) is 45.0 Å². The molecule has 0 amide bonds. The molecule has 0 radical (unpaired) electrons. The molecule has 1 aliphatic carbocycles. The Kier molecular flexibility index (Phi) is 9.01. The van der Waals surface area contributed by atoms with Crippen molar-refractivity contribution in [3.05, 3.63) is 93.0 Å².